The molecule has 0 heterocycles. The highest BCUT2D eigenvalue weighted by atomic mass is 19.4. The Hall–Kier alpha value is -1.52. The van der Waals surface area contributed by atoms with Gasteiger partial charge in [0, 0.05) is 5.56 Å². The van der Waals surface area contributed by atoms with E-state index >= 15 is 0 Å². The molecule has 0 spiro atoms. The van der Waals surface area contributed by atoms with Crippen LogP contribution >= 0.6 is 0 Å². The normalized spacial score (nSPS) is 11.4. The molecule has 0 aliphatic carbocycles. The molecule has 0 atom stereocenters. The van der Waals surface area contributed by atoms with Crippen molar-refractivity contribution in [3.8, 4) is 5.75 Å². The maximum absolute atomic E-state index is 12.3. The molecule has 0 saturated heterocycles. The number of carbonyl (C=O) groups excluding carboxylic acids is 1. The molecule has 1 aromatic rings. The molecule has 0 aromatic heterocycles. The Bertz CT molecular complexity index is 399. The van der Waals surface area contributed by atoms with Gasteiger partial charge < -0.3 is 4.74 Å². The number of Topliss-reactive ketones (excluding diaryl/α,β-unsaturated/α-hetero) is 1. The number of hydrogen-bond acceptors (Lipinski definition) is 2. The van der Waals surface area contributed by atoms with Crippen molar-refractivity contribution in [1.82, 2.24) is 0 Å². The number of alkyl halides is 3. The van der Waals surface area contributed by atoms with Gasteiger partial charge in [0.25, 0.3) is 5.78 Å². The fraction of sp³-hybridized carbons (Fsp3) is 0.364. The Morgan fingerprint density at radius 2 is 1.62 bits per heavy atom. The van der Waals surface area contributed by atoms with Gasteiger partial charge in [-0.2, -0.15) is 13.2 Å². The molecule has 0 amide bonds. The number of methoxy groups -OCH3 is 1. The highest BCUT2D eigenvalue weighted by molar-refractivity contribution is 6.02. The predicted octanol–water partition coefficient (Wildman–Crippen LogP) is 3.06. The van der Waals surface area contributed by atoms with Crippen LogP contribution in [0.5, 0.6) is 5.75 Å². The standard InChI is InChI=1S/C11H11F3O2/c1-6-4-8(16-3)5-7(2)9(6)10(15)11(12,13)14/h4-5H,1-3H3. The average molecular weight is 232 g/mol. The van der Waals surface area contributed by atoms with E-state index in [1.54, 1.807) is 0 Å². The van der Waals surface area contributed by atoms with E-state index in [1.807, 2.05) is 0 Å². The minimum Gasteiger partial charge on any atom is -0.497 e. The minimum absolute atomic E-state index is 0.263. The first-order valence-corrected chi connectivity index (χ1v) is 4.54. The van der Waals surface area contributed by atoms with Crippen molar-refractivity contribution in [1.29, 1.82) is 0 Å². The van der Waals surface area contributed by atoms with E-state index in [0.29, 0.717) is 5.75 Å². The van der Waals surface area contributed by atoms with E-state index in [2.05, 4.69) is 0 Å². The van der Waals surface area contributed by atoms with Crippen LogP contribution in [0.1, 0.15) is 21.5 Å². The maximum atomic E-state index is 12.3. The van der Waals surface area contributed by atoms with Crippen LogP contribution in [0.15, 0.2) is 12.1 Å². The van der Waals surface area contributed by atoms with Crippen LogP contribution in [-0.2, 0) is 0 Å². The Labute approximate surface area is 91.0 Å². The third-order valence-electron chi connectivity index (χ3n) is 2.23. The van der Waals surface area contributed by atoms with Gasteiger partial charge in [0.2, 0.25) is 0 Å². The fourth-order valence-electron chi connectivity index (χ4n) is 1.54. The molecule has 0 N–H and O–H groups in total. The number of ether oxygens (including phenoxy) is 1. The molecule has 0 radical (unpaired) electrons. The van der Waals surface area contributed by atoms with Gasteiger partial charge in [-0.05, 0) is 37.1 Å². The zero-order chi connectivity index (χ0) is 12.5. The average Bonchev–Trinajstić information content (AvgIpc) is 2.14. The van der Waals surface area contributed by atoms with E-state index in [9.17, 15) is 18.0 Å². The molecular formula is C11H11F3O2. The molecule has 5 heteroatoms. The van der Waals surface area contributed by atoms with E-state index in [-0.39, 0.29) is 16.7 Å². The van der Waals surface area contributed by atoms with Gasteiger partial charge in [0.15, 0.2) is 0 Å². The lowest BCUT2D eigenvalue weighted by atomic mass is 9.98. The number of hydrogen-bond donors (Lipinski definition) is 0. The lowest BCUT2D eigenvalue weighted by molar-refractivity contribution is -0.0886. The van der Waals surface area contributed by atoms with Gasteiger partial charge in [-0.25, -0.2) is 0 Å². The highest BCUT2D eigenvalue weighted by Crippen LogP contribution is 2.28. The Morgan fingerprint density at radius 3 is 1.94 bits per heavy atom. The van der Waals surface area contributed by atoms with Gasteiger partial charge in [-0.1, -0.05) is 0 Å². The van der Waals surface area contributed by atoms with Crippen molar-refractivity contribution >= 4 is 5.78 Å². The second kappa shape index (κ2) is 4.15. The molecule has 2 nitrogen and oxygen atoms in total. The number of halogens is 3. The van der Waals surface area contributed by atoms with Crippen molar-refractivity contribution in [3.05, 3.63) is 28.8 Å². The van der Waals surface area contributed by atoms with Gasteiger partial charge in [-0.15, -0.1) is 0 Å². The molecule has 1 rings (SSSR count). The van der Waals surface area contributed by atoms with E-state index in [4.69, 9.17) is 4.74 Å². The predicted molar refractivity (Wildman–Crippen MR) is 52.9 cm³/mol. The Kier molecular flexibility index (Phi) is 3.26. The van der Waals surface area contributed by atoms with E-state index in [0.717, 1.165) is 0 Å². The lowest BCUT2D eigenvalue weighted by Crippen LogP contribution is -2.24. The summed E-state index contributed by atoms with van der Waals surface area (Å²) in [5.41, 5.74) is 0.228. The second-order valence-corrected chi connectivity index (χ2v) is 3.46. The Morgan fingerprint density at radius 1 is 1.19 bits per heavy atom. The molecule has 0 bridgehead atoms. The van der Waals surface area contributed by atoms with Crippen LogP contribution < -0.4 is 4.74 Å². The number of carbonyl (C=O) groups is 1. The summed E-state index contributed by atoms with van der Waals surface area (Å²) in [6.07, 6.45) is -4.84. The summed E-state index contributed by atoms with van der Waals surface area (Å²) in [6, 6.07) is 2.82. The summed E-state index contributed by atoms with van der Waals surface area (Å²) in [6.45, 7) is 2.91. The first-order chi connectivity index (χ1) is 7.27. The van der Waals surface area contributed by atoms with Crippen LogP contribution in [0.3, 0.4) is 0 Å². The third-order valence-corrected chi connectivity index (χ3v) is 2.23. The van der Waals surface area contributed by atoms with Crippen LogP contribution in [0, 0.1) is 13.8 Å². The van der Waals surface area contributed by atoms with Gasteiger partial charge >= 0.3 is 6.18 Å². The minimum atomic E-state index is -4.84. The second-order valence-electron chi connectivity index (χ2n) is 3.46. The van der Waals surface area contributed by atoms with Crippen molar-refractivity contribution in [3.63, 3.8) is 0 Å². The molecule has 88 valence electrons. The molecule has 0 unspecified atom stereocenters. The fourth-order valence-corrected chi connectivity index (χ4v) is 1.54. The number of aryl methyl sites for hydroxylation is 2. The van der Waals surface area contributed by atoms with Crippen molar-refractivity contribution in [2.75, 3.05) is 7.11 Å². The molecular weight excluding hydrogens is 221 g/mol. The van der Waals surface area contributed by atoms with Crippen LogP contribution in [0.2, 0.25) is 0 Å². The summed E-state index contributed by atoms with van der Waals surface area (Å²) in [5, 5.41) is 0. The SMILES string of the molecule is COc1cc(C)c(C(=O)C(F)(F)F)c(C)c1. The smallest absolute Gasteiger partial charge is 0.454 e. The molecule has 16 heavy (non-hydrogen) atoms. The zero-order valence-corrected chi connectivity index (χ0v) is 9.11. The molecule has 0 saturated carbocycles. The summed E-state index contributed by atoms with van der Waals surface area (Å²) in [4.78, 5) is 11.1. The number of benzene rings is 1. The zero-order valence-electron chi connectivity index (χ0n) is 9.11. The van der Waals surface area contributed by atoms with Crippen LogP contribution in [0.4, 0.5) is 13.2 Å². The first kappa shape index (κ1) is 12.5. The van der Waals surface area contributed by atoms with Gasteiger partial charge in [0.05, 0.1) is 7.11 Å². The van der Waals surface area contributed by atoms with Crippen molar-refractivity contribution in [2.45, 2.75) is 20.0 Å². The summed E-state index contributed by atoms with van der Waals surface area (Å²) in [5.74, 6) is -1.38. The van der Waals surface area contributed by atoms with Gasteiger partial charge in [0.1, 0.15) is 5.75 Å². The third kappa shape index (κ3) is 2.35. The largest absolute Gasteiger partial charge is 0.497 e. The highest BCUT2D eigenvalue weighted by Gasteiger charge is 2.40. The lowest BCUT2D eigenvalue weighted by Gasteiger charge is -2.12. The van der Waals surface area contributed by atoms with E-state index in [1.165, 1.54) is 33.1 Å². The van der Waals surface area contributed by atoms with Crippen molar-refractivity contribution in [2.24, 2.45) is 0 Å². The molecule has 0 fully saturated rings. The molecule has 1 aromatic carbocycles. The quantitative estimate of drug-likeness (QED) is 0.732. The first-order valence-electron chi connectivity index (χ1n) is 4.54. The monoisotopic (exact) mass is 232 g/mol. The maximum Gasteiger partial charge on any atom is 0.454 e. The number of ketones is 1. The summed E-state index contributed by atoms with van der Waals surface area (Å²) >= 11 is 0. The summed E-state index contributed by atoms with van der Waals surface area (Å²) in [7, 11) is 1.42. The number of rotatable bonds is 2. The molecule has 0 aliphatic heterocycles. The van der Waals surface area contributed by atoms with Crippen molar-refractivity contribution < 1.29 is 22.7 Å². The van der Waals surface area contributed by atoms with E-state index < -0.39 is 12.0 Å². The topological polar surface area (TPSA) is 26.3 Å². The van der Waals surface area contributed by atoms with Gasteiger partial charge in [-0.3, -0.25) is 4.79 Å². The summed E-state index contributed by atoms with van der Waals surface area (Å²) < 4.78 is 41.8. The van der Waals surface area contributed by atoms with Crippen LogP contribution in [0.25, 0.3) is 0 Å². The Balaban J connectivity index is 3.31. The van der Waals surface area contributed by atoms with Crippen LogP contribution in [-0.4, -0.2) is 19.1 Å². The molecule has 0 aliphatic rings.